The van der Waals surface area contributed by atoms with Crippen LogP contribution in [0, 0.1) is 12.8 Å². The average molecular weight is 315 g/mol. The van der Waals surface area contributed by atoms with Crippen LogP contribution < -0.4 is 5.73 Å². The van der Waals surface area contributed by atoms with Gasteiger partial charge in [0.1, 0.15) is 5.69 Å². The first-order chi connectivity index (χ1) is 10.2. The van der Waals surface area contributed by atoms with Gasteiger partial charge in [0.2, 0.25) is 0 Å². The second-order valence-electron chi connectivity index (χ2n) is 5.82. The molecule has 0 saturated carbocycles. The minimum atomic E-state index is -4.50. The lowest BCUT2D eigenvalue weighted by Crippen LogP contribution is -2.42. The van der Waals surface area contributed by atoms with E-state index in [9.17, 15) is 18.0 Å². The molecular formula is C15H20F3N3O. The second kappa shape index (κ2) is 6.24. The van der Waals surface area contributed by atoms with Gasteiger partial charge >= 0.3 is 6.18 Å². The number of aromatic nitrogens is 1. The molecule has 4 nitrogen and oxygen atoms in total. The molecule has 1 aliphatic heterocycles. The molecule has 7 heteroatoms. The molecule has 1 aromatic rings. The van der Waals surface area contributed by atoms with Gasteiger partial charge in [-0.1, -0.05) is 0 Å². The average Bonchev–Trinajstić information content (AvgIpc) is 2.45. The topological polar surface area (TPSA) is 59.2 Å². The van der Waals surface area contributed by atoms with Crippen LogP contribution >= 0.6 is 0 Å². The number of alkyl halides is 3. The summed E-state index contributed by atoms with van der Waals surface area (Å²) in [7, 11) is 0. The van der Waals surface area contributed by atoms with Gasteiger partial charge in [-0.15, -0.1) is 0 Å². The van der Waals surface area contributed by atoms with Crippen LogP contribution in [0.3, 0.4) is 0 Å². The summed E-state index contributed by atoms with van der Waals surface area (Å²) in [4.78, 5) is 17.6. The molecule has 0 bridgehead atoms. The Hall–Kier alpha value is -1.63. The van der Waals surface area contributed by atoms with E-state index in [0.29, 0.717) is 19.0 Å². The van der Waals surface area contributed by atoms with Gasteiger partial charge < -0.3 is 10.6 Å². The van der Waals surface area contributed by atoms with E-state index in [1.54, 1.807) is 4.90 Å². The van der Waals surface area contributed by atoms with Crippen LogP contribution in [0.4, 0.5) is 13.2 Å². The predicted octanol–water partition coefficient (Wildman–Crippen LogP) is 2.61. The summed E-state index contributed by atoms with van der Waals surface area (Å²) in [6.07, 6.45) is -2.87. The third-order valence-electron chi connectivity index (χ3n) is 4.18. The largest absolute Gasteiger partial charge is 0.433 e. The van der Waals surface area contributed by atoms with E-state index in [-0.39, 0.29) is 23.2 Å². The van der Waals surface area contributed by atoms with Crippen molar-refractivity contribution in [2.45, 2.75) is 38.9 Å². The first-order valence-corrected chi connectivity index (χ1v) is 7.30. The minimum absolute atomic E-state index is 0.0896. The number of aryl methyl sites for hydroxylation is 1. The molecule has 0 radical (unpaired) electrons. The Morgan fingerprint density at radius 2 is 1.95 bits per heavy atom. The summed E-state index contributed by atoms with van der Waals surface area (Å²) in [5.74, 6) is 0.123. The van der Waals surface area contributed by atoms with Crippen LogP contribution in [0.1, 0.15) is 41.5 Å². The Morgan fingerprint density at radius 3 is 2.41 bits per heavy atom. The van der Waals surface area contributed by atoms with E-state index in [4.69, 9.17) is 5.73 Å². The maximum atomic E-state index is 12.6. The van der Waals surface area contributed by atoms with Gasteiger partial charge in [0, 0.05) is 19.1 Å². The number of carbonyl (C=O) groups excluding carboxylic acids is 1. The van der Waals surface area contributed by atoms with Crippen molar-refractivity contribution in [3.05, 3.63) is 29.1 Å². The van der Waals surface area contributed by atoms with E-state index in [1.807, 2.05) is 6.92 Å². The Labute approximate surface area is 127 Å². The number of carbonyl (C=O) groups is 1. The molecule has 1 amide bonds. The normalized spacial score (nSPS) is 18.4. The number of likely N-dealkylation sites (tertiary alicyclic amines) is 1. The van der Waals surface area contributed by atoms with Gasteiger partial charge in [0.15, 0.2) is 0 Å². The predicted molar refractivity (Wildman–Crippen MR) is 76.3 cm³/mol. The molecule has 1 fully saturated rings. The third kappa shape index (κ3) is 3.58. The first kappa shape index (κ1) is 16.7. The molecule has 1 atom stereocenters. The maximum absolute atomic E-state index is 12.6. The standard InChI is InChI=1S/C15H20F3N3O/c1-9(19)11-5-7-21(8-6-11)14(22)12-3-4-13(15(16,17)18)20-10(12)2/h3-4,9,11H,5-8,19H2,1-2H3. The Morgan fingerprint density at radius 1 is 1.36 bits per heavy atom. The fourth-order valence-corrected chi connectivity index (χ4v) is 2.74. The maximum Gasteiger partial charge on any atom is 0.433 e. The van der Waals surface area contributed by atoms with Crippen LogP contribution in [0.25, 0.3) is 0 Å². The molecule has 1 unspecified atom stereocenters. The highest BCUT2D eigenvalue weighted by atomic mass is 19.4. The summed E-state index contributed by atoms with van der Waals surface area (Å²) in [6, 6.07) is 2.16. The number of hydrogen-bond donors (Lipinski definition) is 1. The van der Waals surface area contributed by atoms with Gasteiger partial charge in [-0.05, 0) is 44.7 Å². The molecular weight excluding hydrogens is 295 g/mol. The number of pyridine rings is 1. The van der Waals surface area contributed by atoms with Crippen LogP contribution in [-0.4, -0.2) is 34.9 Å². The van der Waals surface area contributed by atoms with Gasteiger partial charge in [-0.2, -0.15) is 13.2 Å². The molecule has 0 aliphatic carbocycles. The lowest BCUT2D eigenvalue weighted by atomic mass is 9.90. The smallest absolute Gasteiger partial charge is 0.339 e. The number of halogens is 3. The van der Waals surface area contributed by atoms with Gasteiger partial charge in [-0.3, -0.25) is 4.79 Å². The zero-order valence-electron chi connectivity index (χ0n) is 12.7. The molecule has 2 heterocycles. The monoisotopic (exact) mass is 315 g/mol. The number of rotatable bonds is 2. The summed E-state index contributed by atoms with van der Waals surface area (Å²) in [6.45, 7) is 4.53. The summed E-state index contributed by atoms with van der Waals surface area (Å²) < 4.78 is 37.8. The van der Waals surface area contributed by atoms with Crippen LogP contribution in [0.15, 0.2) is 12.1 Å². The van der Waals surface area contributed by atoms with Crippen LogP contribution in [-0.2, 0) is 6.18 Å². The molecule has 22 heavy (non-hydrogen) atoms. The fourth-order valence-electron chi connectivity index (χ4n) is 2.74. The Bertz CT molecular complexity index is 549. The number of nitrogens with two attached hydrogens (primary N) is 1. The molecule has 1 saturated heterocycles. The fraction of sp³-hybridized carbons (Fsp3) is 0.600. The Balaban J connectivity index is 2.11. The lowest BCUT2D eigenvalue weighted by Gasteiger charge is -2.34. The van der Waals surface area contributed by atoms with Crippen LogP contribution in [0.2, 0.25) is 0 Å². The van der Waals surface area contributed by atoms with Gasteiger partial charge in [0.25, 0.3) is 5.91 Å². The number of nitrogens with zero attached hydrogens (tertiary/aromatic N) is 2. The molecule has 1 aromatic heterocycles. The number of hydrogen-bond acceptors (Lipinski definition) is 3. The third-order valence-corrected chi connectivity index (χ3v) is 4.18. The number of piperidine rings is 1. The highest BCUT2D eigenvalue weighted by Gasteiger charge is 2.33. The minimum Gasteiger partial charge on any atom is -0.339 e. The van der Waals surface area contributed by atoms with Crippen molar-refractivity contribution in [1.82, 2.24) is 9.88 Å². The zero-order valence-corrected chi connectivity index (χ0v) is 12.7. The van der Waals surface area contributed by atoms with Crippen LogP contribution in [0.5, 0.6) is 0 Å². The van der Waals surface area contributed by atoms with E-state index < -0.39 is 11.9 Å². The van der Waals surface area contributed by atoms with Crippen molar-refractivity contribution >= 4 is 5.91 Å². The lowest BCUT2D eigenvalue weighted by molar-refractivity contribution is -0.141. The highest BCUT2D eigenvalue weighted by molar-refractivity contribution is 5.95. The van der Waals surface area contributed by atoms with Crippen molar-refractivity contribution in [3.63, 3.8) is 0 Å². The van der Waals surface area contributed by atoms with Gasteiger partial charge in [-0.25, -0.2) is 4.98 Å². The van der Waals surface area contributed by atoms with E-state index in [0.717, 1.165) is 18.9 Å². The summed E-state index contributed by atoms with van der Waals surface area (Å²) in [5.41, 5.74) is 5.22. The molecule has 1 aliphatic rings. The zero-order chi connectivity index (χ0) is 16.5. The molecule has 2 rings (SSSR count). The highest BCUT2D eigenvalue weighted by Crippen LogP contribution is 2.29. The molecule has 0 aromatic carbocycles. The summed E-state index contributed by atoms with van der Waals surface area (Å²) >= 11 is 0. The second-order valence-corrected chi connectivity index (χ2v) is 5.82. The van der Waals surface area contributed by atoms with Crippen molar-refractivity contribution in [2.24, 2.45) is 11.7 Å². The number of amides is 1. The summed E-state index contributed by atoms with van der Waals surface area (Å²) in [5, 5.41) is 0. The molecule has 0 spiro atoms. The van der Waals surface area contributed by atoms with Crippen molar-refractivity contribution in [3.8, 4) is 0 Å². The van der Waals surface area contributed by atoms with E-state index in [2.05, 4.69) is 4.98 Å². The molecule has 122 valence electrons. The first-order valence-electron chi connectivity index (χ1n) is 7.30. The quantitative estimate of drug-likeness (QED) is 0.912. The van der Waals surface area contributed by atoms with Crippen molar-refractivity contribution in [2.75, 3.05) is 13.1 Å². The van der Waals surface area contributed by atoms with Crippen molar-refractivity contribution < 1.29 is 18.0 Å². The van der Waals surface area contributed by atoms with E-state index >= 15 is 0 Å². The van der Waals surface area contributed by atoms with Gasteiger partial charge in [0.05, 0.1) is 11.3 Å². The van der Waals surface area contributed by atoms with E-state index in [1.165, 1.54) is 13.0 Å². The molecule has 2 N–H and O–H groups in total. The SMILES string of the molecule is Cc1nc(C(F)(F)F)ccc1C(=O)N1CCC(C(C)N)CC1. The van der Waals surface area contributed by atoms with Crippen molar-refractivity contribution in [1.29, 1.82) is 0 Å². The Kier molecular flexibility index (Phi) is 4.75.